The molecular formula is C10H20O4S. The Morgan fingerprint density at radius 1 is 1.13 bits per heavy atom. The molecule has 0 N–H and O–H groups in total. The van der Waals surface area contributed by atoms with Crippen molar-refractivity contribution in [3.8, 4) is 0 Å². The van der Waals surface area contributed by atoms with Gasteiger partial charge < -0.3 is 18.9 Å². The summed E-state index contributed by atoms with van der Waals surface area (Å²) in [5.41, 5.74) is -0.270. The molecule has 1 saturated heterocycles. The lowest BCUT2D eigenvalue weighted by molar-refractivity contribution is -0.221. The van der Waals surface area contributed by atoms with Crippen molar-refractivity contribution in [2.24, 2.45) is 0 Å². The van der Waals surface area contributed by atoms with E-state index in [4.69, 9.17) is 18.9 Å². The Labute approximate surface area is 96.6 Å². The van der Waals surface area contributed by atoms with Gasteiger partial charge >= 0.3 is 0 Å². The van der Waals surface area contributed by atoms with Gasteiger partial charge in [0.2, 0.25) is 0 Å². The zero-order valence-corrected chi connectivity index (χ0v) is 10.6. The molecule has 1 fully saturated rings. The minimum atomic E-state index is -0.270. The van der Waals surface area contributed by atoms with Gasteiger partial charge in [0.05, 0.1) is 6.10 Å². The van der Waals surface area contributed by atoms with E-state index in [0.29, 0.717) is 6.61 Å². The van der Waals surface area contributed by atoms with Gasteiger partial charge in [0.25, 0.3) is 0 Å². The molecule has 0 aromatic rings. The number of rotatable bonds is 4. The van der Waals surface area contributed by atoms with Crippen molar-refractivity contribution < 1.29 is 18.9 Å². The van der Waals surface area contributed by atoms with Crippen LogP contribution >= 0.6 is 12.6 Å². The van der Waals surface area contributed by atoms with Crippen LogP contribution in [0.3, 0.4) is 0 Å². The summed E-state index contributed by atoms with van der Waals surface area (Å²) in [5.74, 6) is 0. The zero-order chi connectivity index (χ0) is 11.4. The molecule has 0 saturated carbocycles. The van der Waals surface area contributed by atoms with Gasteiger partial charge in [-0.05, 0) is 13.8 Å². The Morgan fingerprint density at radius 3 is 2.20 bits per heavy atom. The first-order chi connectivity index (χ1) is 7.15. The highest BCUT2D eigenvalue weighted by atomic mass is 32.1. The maximum atomic E-state index is 5.65. The predicted molar refractivity (Wildman–Crippen MR) is 60.3 cm³/mol. The van der Waals surface area contributed by atoms with Crippen molar-refractivity contribution >= 4 is 12.6 Å². The van der Waals surface area contributed by atoms with Crippen LogP contribution in [0, 0.1) is 0 Å². The standard InChI is InChI=1S/C10H20O4S/c1-5-13-8-7(11-3)6(2)14-10(15)9(8)12-4/h6-10,15H,5H2,1-4H3/t6-,7-,8+,9+,10-/m0/s1. The molecule has 1 heterocycles. The highest BCUT2D eigenvalue weighted by Crippen LogP contribution is 2.28. The second kappa shape index (κ2) is 6.06. The third-order valence-electron chi connectivity index (χ3n) is 2.65. The van der Waals surface area contributed by atoms with E-state index < -0.39 is 0 Å². The Kier molecular flexibility index (Phi) is 5.35. The highest BCUT2D eigenvalue weighted by Gasteiger charge is 2.44. The summed E-state index contributed by atoms with van der Waals surface area (Å²) in [4.78, 5) is 0. The summed E-state index contributed by atoms with van der Waals surface area (Å²) >= 11 is 4.34. The maximum absolute atomic E-state index is 5.65. The Bertz CT molecular complexity index is 174. The summed E-state index contributed by atoms with van der Waals surface area (Å²) < 4.78 is 22.0. The van der Waals surface area contributed by atoms with Gasteiger partial charge in [-0.3, -0.25) is 0 Å². The first kappa shape index (κ1) is 13.3. The molecule has 90 valence electrons. The fourth-order valence-electron chi connectivity index (χ4n) is 1.95. The molecule has 0 bridgehead atoms. The lowest BCUT2D eigenvalue weighted by atomic mass is 10.0. The van der Waals surface area contributed by atoms with Crippen molar-refractivity contribution in [2.45, 2.75) is 43.7 Å². The van der Waals surface area contributed by atoms with Crippen LogP contribution in [-0.2, 0) is 18.9 Å². The van der Waals surface area contributed by atoms with E-state index in [9.17, 15) is 0 Å². The van der Waals surface area contributed by atoms with Gasteiger partial charge in [-0.2, -0.15) is 0 Å². The summed E-state index contributed by atoms with van der Waals surface area (Å²) in [5, 5.41) is 0. The predicted octanol–water partition coefficient (Wildman–Crippen LogP) is 1.10. The van der Waals surface area contributed by atoms with Crippen molar-refractivity contribution in [3.05, 3.63) is 0 Å². The Morgan fingerprint density at radius 2 is 1.73 bits per heavy atom. The molecule has 0 unspecified atom stereocenters. The molecule has 0 aliphatic carbocycles. The zero-order valence-electron chi connectivity index (χ0n) is 9.67. The molecule has 0 radical (unpaired) electrons. The topological polar surface area (TPSA) is 36.9 Å². The van der Waals surface area contributed by atoms with Crippen LogP contribution in [0.15, 0.2) is 0 Å². The monoisotopic (exact) mass is 236 g/mol. The van der Waals surface area contributed by atoms with Crippen molar-refractivity contribution in [2.75, 3.05) is 20.8 Å². The lowest BCUT2D eigenvalue weighted by Gasteiger charge is -2.42. The number of methoxy groups -OCH3 is 2. The van der Waals surface area contributed by atoms with Crippen molar-refractivity contribution in [1.29, 1.82) is 0 Å². The van der Waals surface area contributed by atoms with E-state index in [1.807, 2.05) is 13.8 Å². The number of thiol groups is 1. The molecule has 0 aromatic carbocycles. The van der Waals surface area contributed by atoms with Gasteiger partial charge in [0, 0.05) is 20.8 Å². The van der Waals surface area contributed by atoms with Gasteiger partial charge in [-0.1, -0.05) is 0 Å². The molecule has 4 nitrogen and oxygen atoms in total. The number of hydrogen-bond acceptors (Lipinski definition) is 5. The second-order valence-corrected chi connectivity index (χ2v) is 4.06. The van der Waals surface area contributed by atoms with Crippen molar-refractivity contribution in [1.82, 2.24) is 0 Å². The quantitative estimate of drug-likeness (QED) is 0.742. The maximum Gasteiger partial charge on any atom is 0.129 e. The van der Waals surface area contributed by atoms with Gasteiger partial charge in [-0.15, -0.1) is 12.6 Å². The van der Waals surface area contributed by atoms with E-state index >= 15 is 0 Å². The normalized spacial score (nSPS) is 41.8. The molecule has 0 aromatic heterocycles. The van der Waals surface area contributed by atoms with Gasteiger partial charge in [-0.25, -0.2) is 0 Å². The third-order valence-corrected chi connectivity index (χ3v) is 3.06. The molecule has 1 aliphatic rings. The number of ether oxygens (including phenoxy) is 4. The van der Waals surface area contributed by atoms with Crippen LogP contribution in [0.1, 0.15) is 13.8 Å². The van der Waals surface area contributed by atoms with E-state index in [1.54, 1.807) is 14.2 Å². The summed E-state index contributed by atoms with van der Waals surface area (Å²) in [6.45, 7) is 4.53. The molecule has 0 spiro atoms. The fraction of sp³-hybridized carbons (Fsp3) is 1.00. The molecule has 5 atom stereocenters. The highest BCUT2D eigenvalue weighted by molar-refractivity contribution is 7.80. The minimum Gasteiger partial charge on any atom is -0.376 e. The summed E-state index contributed by atoms with van der Waals surface area (Å²) in [6.07, 6.45) is -0.482. The average molecular weight is 236 g/mol. The molecular weight excluding hydrogens is 216 g/mol. The average Bonchev–Trinajstić information content (AvgIpc) is 2.18. The van der Waals surface area contributed by atoms with Crippen molar-refractivity contribution in [3.63, 3.8) is 0 Å². The van der Waals surface area contributed by atoms with E-state index in [0.717, 1.165) is 0 Å². The van der Waals surface area contributed by atoms with Crippen LogP contribution in [0.4, 0.5) is 0 Å². The molecule has 0 amide bonds. The van der Waals surface area contributed by atoms with E-state index in [1.165, 1.54) is 0 Å². The Hall–Kier alpha value is 0.190. The molecule has 5 heteroatoms. The lowest BCUT2D eigenvalue weighted by Crippen LogP contribution is -2.57. The number of hydrogen-bond donors (Lipinski definition) is 1. The first-order valence-electron chi connectivity index (χ1n) is 5.16. The molecule has 15 heavy (non-hydrogen) atoms. The van der Waals surface area contributed by atoms with Gasteiger partial charge in [0.1, 0.15) is 23.7 Å². The van der Waals surface area contributed by atoms with Crippen LogP contribution in [0.5, 0.6) is 0 Å². The van der Waals surface area contributed by atoms with Crippen LogP contribution in [-0.4, -0.2) is 50.7 Å². The van der Waals surface area contributed by atoms with E-state index in [2.05, 4.69) is 12.6 Å². The molecule has 1 rings (SSSR count). The fourth-order valence-corrected chi connectivity index (χ4v) is 2.43. The van der Waals surface area contributed by atoms with Crippen LogP contribution in [0.25, 0.3) is 0 Å². The smallest absolute Gasteiger partial charge is 0.129 e. The largest absolute Gasteiger partial charge is 0.376 e. The SMILES string of the molecule is CCO[C@@H]1[C@@H](OC)[C@H](C)O[C@@H](S)[C@@H]1OC. The van der Waals surface area contributed by atoms with E-state index in [-0.39, 0.29) is 29.9 Å². The third kappa shape index (κ3) is 2.85. The summed E-state index contributed by atoms with van der Waals surface area (Å²) in [7, 11) is 3.29. The molecule has 1 aliphatic heterocycles. The first-order valence-corrected chi connectivity index (χ1v) is 5.68. The second-order valence-electron chi connectivity index (χ2n) is 3.55. The van der Waals surface area contributed by atoms with Crippen LogP contribution in [0.2, 0.25) is 0 Å². The van der Waals surface area contributed by atoms with Crippen LogP contribution < -0.4 is 0 Å². The summed E-state index contributed by atoms with van der Waals surface area (Å²) in [6, 6.07) is 0. The minimum absolute atomic E-state index is 0.0413. The Balaban J connectivity index is 2.77. The van der Waals surface area contributed by atoms with Gasteiger partial charge in [0.15, 0.2) is 0 Å².